The van der Waals surface area contributed by atoms with Crippen molar-refractivity contribution >= 4 is 19.6 Å². The molecule has 1 aromatic rings. The number of phosphoric acid groups is 1. The van der Waals surface area contributed by atoms with E-state index in [0.29, 0.717) is 0 Å². The molecular weight excluding hydrogens is 435 g/mol. The number of H-pyrrole nitrogens is 1. The van der Waals surface area contributed by atoms with Crippen LogP contribution >= 0.6 is 7.82 Å². The monoisotopic (exact) mass is 462 g/mol. The van der Waals surface area contributed by atoms with Crippen LogP contribution in [0.1, 0.15) is 46.3 Å². The molecule has 0 aromatic carbocycles. The first kappa shape index (κ1) is 25.2. The number of rotatable bonds is 11. The van der Waals surface area contributed by atoms with E-state index >= 15 is 0 Å². The van der Waals surface area contributed by atoms with Gasteiger partial charge in [-0.3, -0.25) is 33.0 Å². The van der Waals surface area contributed by atoms with Crippen molar-refractivity contribution in [1.82, 2.24) is 9.55 Å². The number of ketones is 1. The molecule has 1 fully saturated rings. The van der Waals surface area contributed by atoms with Crippen molar-refractivity contribution in [3.8, 4) is 0 Å². The Morgan fingerprint density at radius 3 is 2.68 bits per heavy atom. The minimum Gasteiger partial charge on any atom is -0.463 e. The Hall–Kier alpha value is -2.11. The lowest BCUT2D eigenvalue weighted by Gasteiger charge is -2.19. The van der Waals surface area contributed by atoms with E-state index in [0.717, 1.165) is 10.6 Å². The van der Waals surface area contributed by atoms with Gasteiger partial charge in [0, 0.05) is 25.1 Å². The summed E-state index contributed by atoms with van der Waals surface area (Å²) in [4.78, 5) is 58.5. The molecule has 1 saturated heterocycles. The zero-order valence-electron chi connectivity index (χ0n) is 17.5. The number of ether oxygens (including phenoxy) is 2. The predicted octanol–water partition coefficient (Wildman–Crippen LogP) is 0.895. The quantitative estimate of drug-likeness (QED) is 0.274. The van der Waals surface area contributed by atoms with E-state index in [2.05, 4.69) is 4.98 Å². The fraction of sp³-hybridized carbons (Fsp3) is 0.667. The molecule has 1 aliphatic rings. The van der Waals surface area contributed by atoms with Gasteiger partial charge in [-0.05, 0) is 27.2 Å². The SMILES string of the molecule is CC(=O)C1CC(n2ccc(=O)[nH]c2=O)OC1COP(=O)(O)OCCCC(=O)OC(C)C. The highest BCUT2D eigenvalue weighted by atomic mass is 31.2. The topological polar surface area (TPSA) is 163 Å². The Kier molecular flexibility index (Phi) is 8.90. The Labute approximate surface area is 178 Å². The normalized spacial score (nSPS) is 22.9. The van der Waals surface area contributed by atoms with Gasteiger partial charge in [0.05, 0.1) is 31.3 Å². The molecule has 13 heteroatoms. The highest BCUT2D eigenvalue weighted by Crippen LogP contribution is 2.45. The smallest absolute Gasteiger partial charge is 0.463 e. The lowest BCUT2D eigenvalue weighted by atomic mass is 9.97. The Morgan fingerprint density at radius 1 is 1.35 bits per heavy atom. The molecule has 1 aliphatic heterocycles. The number of aromatic amines is 1. The second-order valence-electron chi connectivity index (χ2n) is 7.34. The Balaban J connectivity index is 1.89. The average molecular weight is 462 g/mol. The first-order valence-electron chi connectivity index (χ1n) is 9.77. The third-order valence-corrected chi connectivity index (χ3v) is 5.45. The van der Waals surface area contributed by atoms with Gasteiger partial charge in [-0.15, -0.1) is 0 Å². The lowest BCUT2D eigenvalue weighted by molar-refractivity contribution is -0.147. The zero-order chi connectivity index (χ0) is 23.2. The largest absolute Gasteiger partial charge is 0.472 e. The molecule has 0 bridgehead atoms. The summed E-state index contributed by atoms with van der Waals surface area (Å²) in [6.07, 6.45) is -0.444. The van der Waals surface area contributed by atoms with Gasteiger partial charge in [-0.1, -0.05) is 0 Å². The summed E-state index contributed by atoms with van der Waals surface area (Å²) in [5.74, 6) is -1.37. The van der Waals surface area contributed by atoms with E-state index in [9.17, 15) is 28.6 Å². The molecule has 0 saturated carbocycles. The van der Waals surface area contributed by atoms with E-state index < -0.39 is 49.9 Å². The fourth-order valence-corrected chi connectivity index (χ4v) is 3.83. The number of Topliss-reactive ketones (excluding diaryl/α,β-unsaturated/α-hetero) is 1. The van der Waals surface area contributed by atoms with Crippen molar-refractivity contribution in [3.05, 3.63) is 33.1 Å². The summed E-state index contributed by atoms with van der Waals surface area (Å²) < 4.78 is 33.6. The molecule has 4 unspecified atom stereocenters. The number of esters is 1. The number of carbonyl (C=O) groups is 2. The Morgan fingerprint density at radius 2 is 2.06 bits per heavy atom. The van der Waals surface area contributed by atoms with Crippen molar-refractivity contribution in [2.24, 2.45) is 5.92 Å². The fourth-order valence-electron chi connectivity index (χ4n) is 3.06. The molecule has 0 aliphatic carbocycles. The minimum absolute atomic E-state index is 0.0198. The molecule has 1 aromatic heterocycles. The van der Waals surface area contributed by atoms with Gasteiger partial charge in [0.15, 0.2) is 0 Å². The number of nitrogens with zero attached hydrogens (tertiary/aromatic N) is 1. The third-order valence-electron chi connectivity index (χ3n) is 4.47. The number of hydrogen-bond donors (Lipinski definition) is 2. The van der Waals surface area contributed by atoms with Crippen molar-refractivity contribution in [3.63, 3.8) is 0 Å². The van der Waals surface area contributed by atoms with Crippen molar-refractivity contribution < 1.29 is 37.6 Å². The van der Waals surface area contributed by atoms with Crippen LogP contribution in [0.3, 0.4) is 0 Å². The van der Waals surface area contributed by atoms with Crippen LogP contribution in [0.15, 0.2) is 21.9 Å². The summed E-state index contributed by atoms with van der Waals surface area (Å²) in [6.45, 7) is 4.12. The van der Waals surface area contributed by atoms with Crippen LogP contribution in [0.4, 0.5) is 0 Å². The molecule has 12 nitrogen and oxygen atoms in total. The van der Waals surface area contributed by atoms with E-state index in [1.165, 1.54) is 13.1 Å². The second-order valence-corrected chi connectivity index (χ2v) is 8.79. The van der Waals surface area contributed by atoms with Crippen molar-refractivity contribution in [1.29, 1.82) is 0 Å². The number of phosphoric ester groups is 1. The van der Waals surface area contributed by atoms with E-state index in [4.69, 9.17) is 18.5 Å². The van der Waals surface area contributed by atoms with Crippen LogP contribution in [0.2, 0.25) is 0 Å². The van der Waals surface area contributed by atoms with Gasteiger partial charge < -0.3 is 14.4 Å². The van der Waals surface area contributed by atoms with Crippen LogP contribution in [0.5, 0.6) is 0 Å². The zero-order valence-corrected chi connectivity index (χ0v) is 18.4. The van der Waals surface area contributed by atoms with Gasteiger partial charge in [-0.25, -0.2) is 9.36 Å². The van der Waals surface area contributed by atoms with Crippen LogP contribution in [-0.4, -0.2) is 51.6 Å². The summed E-state index contributed by atoms with van der Waals surface area (Å²) in [5.41, 5.74) is -1.27. The highest BCUT2D eigenvalue weighted by molar-refractivity contribution is 7.47. The third kappa shape index (κ3) is 7.82. The maximum atomic E-state index is 12.1. The van der Waals surface area contributed by atoms with Crippen LogP contribution < -0.4 is 11.2 Å². The van der Waals surface area contributed by atoms with Crippen molar-refractivity contribution in [2.75, 3.05) is 13.2 Å². The lowest BCUT2D eigenvalue weighted by Crippen LogP contribution is -2.31. The average Bonchev–Trinajstić information content (AvgIpc) is 3.07. The summed E-state index contributed by atoms with van der Waals surface area (Å²) in [6, 6.07) is 1.14. The van der Waals surface area contributed by atoms with Gasteiger partial charge in [-0.2, -0.15) is 0 Å². The van der Waals surface area contributed by atoms with E-state index in [-0.39, 0.29) is 37.8 Å². The molecule has 0 radical (unpaired) electrons. The van der Waals surface area contributed by atoms with Gasteiger partial charge in [0.25, 0.3) is 5.56 Å². The molecule has 2 rings (SSSR count). The molecule has 2 N–H and O–H groups in total. The molecule has 0 amide bonds. The maximum absolute atomic E-state index is 12.1. The van der Waals surface area contributed by atoms with E-state index in [1.54, 1.807) is 13.8 Å². The minimum atomic E-state index is -4.46. The summed E-state index contributed by atoms with van der Waals surface area (Å²) >= 11 is 0. The molecular formula is C18H27N2O10P. The Bertz CT molecular complexity index is 940. The predicted molar refractivity (Wildman–Crippen MR) is 106 cm³/mol. The first-order valence-corrected chi connectivity index (χ1v) is 11.3. The second kappa shape index (κ2) is 11.0. The van der Waals surface area contributed by atoms with Gasteiger partial charge in [0.1, 0.15) is 12.0 Å². The van der Waals surface area contributed by atoms with Gasteiger partial charge >= 0.3 is 19.5 Å². The standard InChI is InChI=1S/C18H27N2O10P/c1-11(2)29-17(23)5-4-8-27-31(25,26)28-10-14-13(12(3)21)9-16(30-14)20-7-6-15(22)19-18(20)24/h6-7,11,13-14,16H,4-5,8-10H2,1-3H3,(H,25,26)(H,19,22,24). The summed E-state index contributed by atoms with van der Waals surface area (Å²) in [5, 5.41) is 0. The van der Waals surface area contributed by atoms with Crippen molar-refractivity contribution in [2.45, 2.75) is 58.5 Å². The van der Waals surface area contributed by atoms with Crippen LogP contribution in [0.25, 0.3) is 0 Å². The van der Waals surface area contributed by atoms with Crippen LogP contribution in [0, 0.1) is 5.92 Å². The number of hydrogen-bond acceptors (Lipinski definition) is 9. The summed E-state index contributed by atoms with van der Waals surface area (Å²) in [7, 11) is -4.46. The van der Waals surface area contributed by atoms with Crippen LogP contribution in [-0.2, 0) is 32.7 Å². The first-order chi connectivity index (χ1) is 14.5. The molecule has 0 spiro atoms. The highest BCUT2D eigenvalue weighted by Gasteiger charge is 2.40. The maximum Gasteiger partial charge on any atom is 0.472 e. The van der Waals surface area contributed by atoms with E-state index in [1.807, 2.05) is 0 Å². The van der Waals surface area contributed by atoms with Gasteiger partial charge in [0.2, 0.25) is 0 Å². The number of carbonyl (C=O) groups excluding carboxylic acids is 2. The molecule has 2 heterocycles. The number of nitrogens with one attached hydrogen (secondary N) is 1. The number of aromatic nitrogens is 2. The molecule has 31 heavy (non-hydrogen) atoms. The molecule has 174 valence electrons. The molecule has 4 atom stereocenters.